The number of nitrogens with zero attached hydrogens (tertiary/aromatic N) is 5. The minimum Gasteiger partial charge on any atom is -0.355 e. The minimum atomic E-state index is 0.120. The Bertz CT molecular complexity index is 1460. The smallest absolute Gasteiger partial charge is 0.236 e. The SMILES string of the molecule is CCN(c1ccccc1)c1nc(Cl)nc(Nc2ccc(Nc3ccnc4cc(Cl)ccc34)cc2)n1. The van der Waals surface area contributed by atoms with Crippen LogP contribution < -0.4 is 15.5 Å². The van der Waals surface area contributed by atoms with Gasteiger partial charge in [0.15, 0.2) is 0 Å². The molecule has 0 spiro atoms. The lowest BCUT2D eigenvalue weighted by atomic mass is 10.2. The fraction of sp³-hybridized carbons (Fsp3) is 0.0769. The highest BCUT2D eigenvalue weighted by molar-refractivity contribution is 6.31. The Morgan fingerprint density at radius 2 is 1.54 bits per heavy atom. The van der Waals surface area contributed by atoms with Gasteiger partial charge in [0.2, 0.25) is 17.2 Å². The topological polar surface area (TPSA) is 78.9 Å². The fourth-order valence-corrected chi connectivity index (χ4v) is 4.04. The number of halogens is 2. The molecule has 5 rings (SSSR count). The molecule has 5 aromatic rings. The van der Waals surface area contributed by atoms with E-state index in [1.807, 2.05) is 90.7 Å². The first-order valence-corrected chi connectivity index (χ1v) is 11.8. The Hall–Kier alpha value is -3.94. The van der Waals surface area contributed by atoms with Gasteiger partial charge in [-0.05, 0) is 79.2 Å². The molecule has 2 N–H and O–H groups in total. The van der Waals surface area contributed by atoms with Crippen LogP contribution >= 0.6 is 23.2 Å². The normalized spacial score (nSPS) is 10.8. The van der Waals surface area contributed by atoms with Crippen LogP contribution in [-0.2, 0) is 0 Å². The van der Waals surface area contributed by atoms with Gasteiger partial charge in [-0.25, -0.2) is 0 Å². The molecule has 0 atom stereocenters. The molecular formula is C26H21Cl2N7. The maximum Gasteiger partial charge on any atom is 0.236 e. The number of fused-ring (bicyclic) bond motifs is 1. The monoisotopic (exact) mass is 501 g/mol. The lowest BCUT2D eigenvalue weighted by Gasteiger charge is -2.21. The quantitative estimate of drug-likeness (QED) is 0.241. The molecule has 9 heteroatoms. The molecule has 0 unspecified atom stereocenters. The predicted molar refractivity (Wildman–Crippen MR) is 144 cm³/mol. The Morgan fingerprint density at radius 3 is 2.29 bits per heavy atom. The van der Waals surface area contributed by atoms with Crippen LogP contribution in [0.1, 0.15) is 6.92 Å². The number of para-hydroxylation sites is 1. The summed E-state index contributed by atoms with van der Waals surface area (Å²) in [6, 6.07) is 25.3. The third kappa shape index (κ3) is 5.26. The van der Waals surface area contributed by atoms with Gasteiger partial charge in [0.05, 0.1) is 5.52 Å². The molecule has 0 saturated carbocycles. The molecule has 174 valence electrons. The number of anilines is 6. The van der Waals surface area contributed by atoms with Crippen molar-refractivity contribution in [2.75, 3.05) is 22.1 Å². The fourth-order valence-electron chi connectivity index (χ4n) is 3.72. The zero-order chi connectivity index (χ0) is 24.2. The van der Waals surface area contributed by atoms with Gasteiger partial charge in [0.25, 0.3) is 0 Å². The first-order chi connectivity index (χ1) is 17.1. The number of hydrogen-bond acceptors (Lipinski definition) is 7. The number of nitrogens with one attached hydrogen (secondary N) is 2. The van der Waals surface area contributed by atoms with E-state index in [1.54, 1.807) is 6.20 Å². The molecule has 7 nitrogen and oxygen atoms in total. The van der Waals surface area contributed by atoms with E-state index in [0.717, 1.165) is 33.7 Å². The lowest BCUT2D eigenvalue weighted by Crippen LogP contribution is -2.19. The van der Waals surface area contributed by atoms with Crippen LogP contribution in [0.2, 0.25) is 10.3 Å². The van der Waals surface area contributed by atoms with E-state index in [9.17, 15) is 0 Å². The standard InChI is InChI=1S/C26H21Cl2N7/c1-2-35(20-6-4-3-5-7-20)26-33-24(28)32-25(34-26)31-19-11-9-18(10-12-19)30-22-14-15-29-23-16-17(27)8-13-21(22)23/h3-16H,2H2,1H3,(H,29,30)(H,31,32,33,34). The third-order valence-electron chi connectivity index (χ3n) is 5.35. The zero-order valence-electron chi connectivity index (χ0n) is 18.8. The van der Waals surface area contributed by atoms with Gasteiger partial charge in [-0.1, -0.05) is 29.8 Å². The van der Waals surface area contributed by atoms with Crippen molar-refractivity contribution in [2.24, 2.45) is 0 Å². The summed E-state index contributed by atoms with van der Waals surface area (Å²) in [6.45, 7) is 2.71. The van der Waals surface area contributed by atoms with Crippen LogP contribution in [0.15, 0.2) is 85.1 Å². The van der Waals surface area contributed by atoms with E-state index in [4.69, 9.17) is 23.2 Å². The second kappa shape index (κ2) is 10.1. The molecule has 0 saturated heterocycles. The number of hydrogen-bond donors (Lipinski definition) is 2. The van der Waals surface area contributed by atoms with Crippen molar-refractivity contribution in [3.63, 3.8) is 0 Å². The van der Waals surface area contributed by atoms with Crippen LogP contribution in [0.3, 0.4) is 0 Å². The molecule has 0 amide bonds. The highest BCUT2D eigenvalue weighted by Crippen LogP contribution is 2.28. The minimum absolute atomic E-state index is 0.120. The summed E-state index contributed by atoms with van der Waals surface area (Å²) in [5.41, 5.74) is 4.50. The van der Waals surface area contributed by atoms with Crippen molar-refractivity contribution < 1.29 is 0 Å². The third-order valence-corrected chi connectivity index (χ3v) is 5.75. The molecule has 0 aliphatic heterocycles. The zero-order valence-corrected chi connectivity index (χ0v) is 20.3. The van der Waals surface area contributed by atoms with Gasteiger partial charge in [0, 0.05) is 45.9 Å². The molecule has 2 heterocycles. The summed E-state index contributed by atoms with van der Waals surface area (Å²) < 4.78 is 0. The second-order valence-electron chi connectivity index (χ2n) is 7.66. The van der Waals surface area contributed by atoms with Crippen LogP contribution in [-0.4, -0.2) is 26.5 Å². The Labute approximate surface area is 212 Å². The molecule has 3 aromatic carbocycles. The van der Waals surface area contributed by atoms with E-state index in [0.29, 0.717) is 23.5 Å². The van der Waals surface area contributed by atoms with Gasteiger partial charge >= 0.3 is 0 Å². The number of rotatable bonds is 7. The number of pyridine rings is 1. The number of benzene rings is 3. The Kier molecular flexibility index (Phi) is 6.61. The maximum absolute atomic E-state index is 6.23. The molecule has 0 aliphatic carbocycles. The molecule has 2 aromatic heterocycles. The van der Waals surface area contributed by atoms with Gasteiger partial charge in [-0.3, -0.25) is 4.98 Å². The molecular weight excluding hydrogens is 481 g/mol. The van der Waals surface area contributed by atoms with Gasteiger partial charge in [0.1, 0.15) is 0 Å². The summed E-state index contributed by atoms with van der Waals surface area (Å²) in [5.74, 6) is 0.844. The molecule has 35 heavy (non-hydrogen) atoms. The van der Waals surface area contributed by atoms with Crippen molar-refractivity contribution in [3.8, 4) is 0 Å². The first kappa shape index (κ1) is 22.8. The van der Waals surface area contributed by atoms with Crippen LogP contribution in [0.25, 0.3) is 10.9 Å². The largest absolute Gasteiger partial charge is 0.355 e. The number of aromatic nitrogens is 4. The first-order valence-electron chi connectivity index (χ1n) is 11.0. The Morgan fingerprint density at radius 1 is 0.800 bits per heavy atom. The summed E-state index contributed by atoms with van der Waals surface area (Å²) >= 11 is 12.3. The van der Waals surface area contributed by atoms with Crippen molar-refractivity contribution in [1.82, 2.24) is 19.9 Å². The summed E-state index contributed by atoms with van der Waals surface area (Å²) in [4.78, 5) is 19.5. The van der Waals surface area contributed by atoms with E-state index < -0.39 is 0 Å². The van der Waals surface area contributed by atoms with E-state index in [1.165, 1.54) is 0 Å². The van der Waals surface area contributed by atoms with Crippen LogP contribution in [0.5, 0.6) is 0 Å². The van der Waals surface area contributed by atoms with Gasteiger partial charge in [-0.2, -0.15) is 15.0 Å². The molecule has 0 fully saturated rings. The van der Waals surface area contributed by atoms with Crippen molar-refractivity contribution >= 4 is 68.8 Å². The molecule has 0 radical (unpaired) electrons. The summed E-state index contributed by atoms with van der Waals surface area (Å²) in [7, 11) is 0. The van der Waals surface area contributed by atoms with Gasteiger partial charge in [-0.15, -0.1) is 0 Å². The highest BCUT2D eigenvalue weighted by atomic mass is 35.5. The average Bonchev–Trinajstić information content (AvgIpc) is 2.86. The summed E-state index contributed by atoms with van der Waals surface area (Å²) in [5, 5.41) is 8.42. The van der Waals surface area contributed by atoms with E-state index in [-0.39, 0.29) is 5.28 Å². The average molecular weight is 502 g/mol. The molecule has 0 bridgehead atoms. The van der Waals surface area contributed by atoms with Crippen molar-refractivity contribution in [3.05, 3.63) is 95.4 Å². The van der Waals surface area contributed by atoms with E-state index >= 15 is 0 Å². The Balaban J connectivity index is 1.35. The predicted octanol–water partition coefficient (Wildman–Crippen LogP) is 7.37. The maximum atomic E-state index is 6.23. The highest BCUT2D eigenvalue weighted by Gasteiger charge is 2.14. The van der Waals surface area contributed by atoms with Crippen LogP contribution in [0.4, 0.5) is 34.6 Å². The lowest BCUT2D eigenvalue weighted by molar-refractivity contribution is 0.925. The van der Waals surface area contributed by atoms with E-state index in [2.05, 4.69) is 30.6 Å². The van der Waals surface area contributed by atoms with Crippen molar-refractivity contribution in [1.29, 1.82) is 0 Å². The second-order valence-corrected chi connectivity index (χ2v) is 8.43. The van der Waals surface area contributed by atoms with Gasteiger partial charge < -0.3 is 15.5 Å². The van der Waals surface area contributed by atoms with Crippen molar-refractivity contribution in [2.45, 2.75) is 6.92 Å². The van der Waals surface area contributed by atoms with Crippen LogP contribution in [0, 0.1) is 0 Å². The molecule has 0 aliphatic rings. The summed E-state index contributed by atoms with van der Waals surface area (Å²) in [6.07, 6.45) is 1.76.